The number of phenolic OH excluding ortho intramolecular Hbond substituents is 1. The molecule has 0 saturated carbocycles. The Morgan fingerprint density at radius 2 is 1.67 bits per heavy atom. The number of aromatic hydroxyl groups is 1. The number of aliphatic hydroxyl groups is 2. The number of carbonyl (C=O) groups excluding carboxylic acids is 3. The van der Waals surface area contributed by atoms with E-state index in [0.717, 1.165) is 5.56 Å². The summed E-state index contributed by atoms with van der Waals surface area (Å²) in [6.07, 6.45) is 3.77. The average molecular weight is 798 g/mol. The van der Waals surface area contributed by atoms with Crippen LogP contribution in [0.2, 0.25) is 0 Å². The number of esters is 1. The van der Waals surface area contributed by atoms with Crippen LogP contribution < -0.4 is 15.5 Å². The maximum atomic E-state index is 14.6. The Hall–Kier alpha value is -5.57. The summed E-state index contributed by atoms with van der Waals surface area (Å²) in [4.78, 5) is 63.1. The number of fused-ring (bicyclic) bond motifs is 2. The van der Waals surface area contributed by atoms with E-state index < -0.39 is 82.7 Å². The summed E-state index contributed by atoms with van der Waals surface area (Å²) in [5.41, 5.74) is 1.68. The van der Waals surface area contributed by atoms with Crippen molar-refractivity contribution in [3.05, 3.63) is 81.3 Å². The van der Waals surface area contributed by atoms with Gasteiger partial charge in [0.05, 0.1) is 57.6 Å². The molecule has 14 nitrogen and oxygen atoms in total. The third-order valence-corrected chi connectivity index (χ3v) is 11.6. The molecule has 4 aromatic rings. The Labute approximate surface area is 335 Å². The van der Waals surface area contributed by atoms with Gasteiger partial charge in [0.1, 0.15) is 17.5 Å². The SMILES string of the molecule is COC1/C=C/OC2(C)Oc3c(C)c(=O)c4c(O)c(c5[nH]c6cc(C)ccc6nc5c4c3C2=O)NC(=O)/C(C)=C\C=C\C(C)C(O)C(C)C(O)C(C)C(OC(C)=O)C1C. The first kappa shape index (κ1) is 42.0. The van der Waals surface area contributed by atoms with E-state index in [4.69, 9.17) is 23.9 Å². The molecule has 5 N–H and O–H groups in total. The number of phenols is 1. The van der Waals surface area contributed by atoms with E-state index in [1.54, 1.807) is 52.8 Å². The van der Waals surface area contributed by atoms with Crippen molar-refractivity contribution in [3.63, 3.8) is 0 Å². The third kappa shape index (κ3) is 7.36. The van der Waals surface area contributed by atoms with Crippen LogP contribution in [0.3, 0.4) is 0 Å². The fourth-order valence-corrected chi connectivity index (χ4v) is 8.05. The van der Waals surface area contributed by atoms with E-state index >= 15 is 0 Å². The number of anilines is 1. The molecule has 9 unspecified atom stereocenters. The lowest BCUT2D eigenvalue weighted by Crippen LogP contribution is -2.46. The highest BCUT2D eigenvalue weighted by molar-refractivity contribution is 6.27. The number of aromatic nitrogens is 2. The van der Waals surface area contributed by atoms with Crippen LogP contribution in [0.25, 0.3) is 32.8 Å². The molecular formula is C44H51N3O11. The number of Topliss-reactive ketones (excluding diaryl/α,β-unsaturated/α-hetero) is 1. The van der Waals surface area contributed by atoms with Crippen LogP contribution in [-0.2, 0) is 23.8 Å². The number of aliphatic hydroxyl groups excluding tert-OH is 2. The van der Waals surface area contributed by atoms with Crippen LogP contribution in [0.1, 0.15) is 70.0 Å². The Morgan fingerprint density at radius 3 is 2.34 bits per heavy atom. The van der Waals surface area contributed by atoms with Gasteiger partial charge in [-0.25, -0.2) is 4.98 Å². The Morgan fingerprint density at radius 1 is 0.966 bits per heavy atom. The standard InChI is InChI=1S/C44H51N3O11/c1-19-14-15-27-28(18-19)46-34-33(45-27)30-31-38(51)25(7)41-32(30)42(53)44(9,58-41)56-17-16-29(55-10)22(4)40(57-26(8)48)24(6)37(50)23(5)36(49)20(2)12-11-13-21(3)43(54)47-35(34)39(31)52/h11-18,20,22-24,29,36-37,40,46,49-50,52H,1-10H3,(H,47,54)/b12-11+,17-16+,21-13-. The zero-order chi connectivity index (χ0) is 42.5. The first-order chi connectivity index (χ1) is 27.3. The zero-order valence-corrected chi connectivity index (χ0v) is 34.3. The normalized spacial score (nSPS) is 30.4. The first-order valence-corrected chi connectivity index (χ1v) is 19.3. The van der Waals surface area contributed by atoms with Gasteiger partial charge in [-0.3, -0.25) is 19.2 Å². The minimum absolute atomic E-state index is 0.0164. The molecule has 4 bridgehead atoms. The van der Waals surface area contributed by atoms with Gasteiger partial charge in [-0.1, -0.05) is 52.0 Å². The molecule has 2 aliphatic heterocycles. The highest BCUT2D eigenvalue weighted by atomic mass is 16.7. The van der Waals surface area contributed by atoms with Gasteiger partial charge in [0, 0.05) is 61.2 Å². The second-order valence-electron chi connectivity index (χ2n) is 15.8. The van der Waals surface area contributed by atoms with Crippen molar-refractivity contribution >= 4 is 56.2 Å². The monoisotopic (exact) mass is 797 g/mol. The highest BCUT2D eigenvalue weighted by Crippen LogP contribution is 2.48. The number of ether oxygens (including phenoxy) is 4. The second-order valence-corrected chi connectivity index (χ2v) is 15.8. The number of carbonyl (C=O) groups is 3. The molecule has 14 heteroatoms. The number of ketones is 1. The maximum Gasteiger partial charge on any atom is 0.312 e. The predicted octanol–water partition coefficient (Wildman–Crippen LogP) is 6.04. The fraction of sp³-hybridized carbons (Fsp3) is 0.432. The van der Waals surface area contributed by atoms with Crippen LogP contribution in [-0.4, -0.2) is 80.3 Å². The molecule has 0 radical (unpaired) electrons. The van der Waals surface area contributed by atoms with Crippen molar-refractivity contribution in [1.82, 2.24) is 9.97 Å². The largest absolute Gasteiger partial charge is 0.505 e. The summed E-state index contributed by atoms with van der Waals surface area (Å²) in [6.45, 7) is 14.6. The summed E-state index contributed by atoms with van der Waals surface area (Å²) < 4.78 is 23.8. The third-order valence-electron chi connectivity index (χ3n) is 11.6. The number of rotatable bonds is 2. The molecule has 1 aromatic heterocycles. The Kier molecular flexibility index (Phi) is 11.6. The van der Waals surface area contributed by atoms with Crippen LogP contribution in [0.5, 0.6) is 11.5 Å². The number of benzene rings is 3. The molecule has 3 heterocycles. The molecule has 308 valence electrons. The molecule has 9 atom stereocenters. The summed E-state index contributed by atoms with van der Waals surface area (Å²) in [5.74, 6) is -6.89. The average Bonchev–Trinajstić information content (AvgIpc) is 3.45. The minimum atomic E-state index is -2.00. The van der Waals surface area contributed by atoms with Crippen molar-refractivity contribution in [1.29, 1.82) is 0 Å². The second kappa shape index (κ2) is 16.0. The smallest absolute Gasteiger partial charge is 0.312 e. The molecular weight excluding hydrogens is 746 g/mol. The summed E-state index contributed by atoms with van der Waals surface area (Å²) in [7, 11) is 1.45. The number of aryl methyl sites for hydroxylation is 1. The summed E-state index contributed by atoms with van der Waals surface area (Å²) >= 11 is 0. The van der Waals surface area contributed by atoms with E-state index in [1.807, 2.05) is 19.1 Å². The number of nitrogens with one attached hydrogen (secondary N) is 2. The van der Waals surface area contributed by atoms with Crippen molar-refractivity contribution in [3.8, 4) is 11.5 Å². The van der Waals surface area contributed by atoms with Gasteiger partial charge in [0.25, 0.3) is 11.7 Å². The van der Waals surface area contributed by atoms with Gasteiger partial charge in [-0.05, 0) is 44.5 Å². The van der Waals surface area contributed by atoms with Gasteiger partial charge in [0.2, 0.25) is 0 Å². The Balaban J connectivity index is 1.59. The first-order valence-electron chi connectivity index (χ1n) is 19.3. The number of amides is 1. The summed E-state index contributed by atoms with van der Waals surface area (Å²) in [5, 5.41) is 37.4. The molecule has 58 heavy (non-hydrogen) atoms. The number of methoxy groups -OCH3 is 1. The molecule has 3 aromatic carbocycles. The molecule has 0 fully saturated rings. The van der Waals surface area contributed by atoms with E-state index in [2.05, 4.69) is 10.3 Å². The number of hydrogen-bond donors (Lipinski definition) is 5. The van der Waals surface area contributed by atoms with Gasteiger partial charge in [-0.2, -0.15) is 0 Å². The van der Waals surface area contributed by atoms with E-state index in [-0.39, 0.29) is 49.9 Å². The number of aromatic amines is 1. The van der Waals surface area contributed by atoms with Crippen LogP contribution in [0.4, 0.5) is 5.69 Å². The number of H-pyrrole nitrogens is 1. The topological polar surface area (TPSA) is 207 Å². The van der Waals surface area contributed by atoms with Gasteiger partial charge < -0.3 is 44.6 Å². The van der Waals surface area contributed by atoms with Crippen molar-refractivity contribution in [2.24, 2.45) is 23.7 Å². The number of hydrogen-bond acceptors (Lipinski definition) is 12. The lowest BCUT2D eigenvalue weighted by molar-refractivity contribution is -0.160. The fourth-order valence-electron chi connectivity index (χ4n) is 8.05. The maximum absolute atomic E-state index is 14.6. The lowest BCUT2D eigenvalue weighted by Gasteiger charge is -2.38. The highest BCUT2D eigenvalue weighted by Gasteiger charge is 2.49. The van der Waals surface area contributed by atoms with E-state index in [1.165, 1.54) is 46.3 Å². The predicted molar refractivity (Wildman–Crippen MR) is 219 cm³/mol. The number of nitrogens with zero attached hydrogens (tertiary/aromatic N) is 1. The van der Waals surface area contributed by atoms with Crippen molar-refractivity contribution in [2.45, 2.75) is 92.5 Å². The molecule has 0 aliphatic carbocycles. The van der Waals surface area contributed by atoms with E-state index in [9.17, 15) is 34.5 Å². The minimum Gasteiger partial charge on any atom is -0.505 e. The van der Waals surface area contributed by atoms with E-state index in [0.29, 0.717) is 11.0 Å². The van der Waals surface area contributed by atoms with Crippen LogP contribution in [0.15, 0.2) is 59.1 Å². The Bertz CT molecular complexity index is 2490. The zero-order valence-electron chi connectivity index (χ0n) is 34.3. The van der Waals surface area contributed by atoms with Gasteiger partial charge >= 0.3 is 11.8 Å². The summed E-state index contributed by atoms with van der Waals surface area (Å²) in [6, 6.07) is 5.47. The van der Waals surface area contributed by atoms with Gasteiger partial charge in [-0.15, -0.1) is 0 Å². The molecule has 6 rings (SSSR count). The lowest BCUT2D eigenvalue weighted by atomic mass is 9.78. The molecule has 0 saturated heterocycles. The van der Waals surface area contributed by atoms with Crippen LogP contribution in [0, 0.1) is 37.5 Å². The molecule has 2 aliphatic rings. The van der Waals surface area contributed by atoms with Crippen molar-refractivity contribution in [2.75, 3.05) is 12.4 Å². The van der Waals surface area contributed by atoms with Crippen LogP contribution >= 0.6 is 0 Å². The molecule has 1 amide bonds. The molecule has 0 spiro atoms. The van der Waals surface area contributed by atoms with Crippen molar-refractivity contribution < 1.29 is 48.7 Å². The number of allylic oxidation sites excluding steroid dienone is 2. The van der Waals surface area contributed by atoms with Gasteiger partial charge in [0.15, 0.2) is 11.2 Å². The quantitative estimate of drug-likeness (QED) is 0.0681.